The maximum Gasteiger partial charge on any atom is 0.397 e. The third-order valence-electron chi connectivity index (χ3n) is 5.98. The molecule has 0 aliphatic rings. The molecule has 0 spiro atoms. The fourth-order valence-corrected chi connectivity index (χ4v) is 5.92. The number of nitrogens with zero attached hydrogens (tertiary/aromatic N) is 2. The molecule has 2 amide bonds. The van der Waals surface area contributed by atoms with Gasteiger partial charge in [-0.05, 0) is 72.1 Å². The molecule has 5 N–H and O–H groups in total. The Balaban J connectivity index is 1.47. The average molecular weight is 693 g/mol. The molecule has 16 nitrogen and oxygen atoms in total. The molecule has 0 atom stereocenters. The number of amides is 2. The molecule has 0 radical (unpaired) electrons. The summed E-state index contributed by atoms with van der Waals surface area (Å²) in [7, 11) is -8.70. The van der Waals surface area contributed by atoms with E-state index in [1.807, 2.05) is 0 Å². The van der Waals surface area contributed by atoms with E-state index < -0.39 is 38.5 Å². The van der Waals surface area contributed by atoms with E-state index in [0.717, 1.165) is 0 Å². The van der Waals surface area contributed by atoms with Crippen molar-refractivity contribution in [2.75, 3.05) is 23.0 Å². The van der Waals surface area contributed by atoms with Crippen LogP contribution in [0.25, 0.3) is 10.8 Å². The van der Waals surface area contributed by atoms with Gasteiger partial charge in [0.1, 0.15) is 5.69 Å². The fourth-order valence-electron chi connectivity index (χ4n) is 3.94. The smallest absolute Gasteiger partial charge is 0.397 e. The first-order chi connectivity index (χ1) is 21.8. The van der Waals surface area contributed by atoms with Crippen LogP contribution in [0.5, 0.6) is 5.75 Å². The number of hydrogen-bond donors (Lipinski definition) is 5. The van der Waals surface area contributed by atoms with Crippen molar-refractivity contribution in [3.8, 4) is 5.75 Å². The molecule has 0 aliphatic carbocycles. The van der Waals surface area contributed by atoms with Crippen LogP contribution in [0.2, 0.25) is 0 Å². The maximum absolute atomic E-state index is 12.7. The molecule has 242 valence electrons. The summed E-state index contributed by atoms with van der Waals surface area (Å²) in [6.45, 7) is 0.573. The van der Waals surface area contributed by atoms with E-state index in [0.29, 0.717) is 34.2 Å². The van der Waals surface area contributed by atoms with Gasteiger partial charge in [-0.3, -0.25) is 14.1 Å². The van der Waals surface area contributed by atoms with Crippen LogP contribution < -0.4 is 10.6 Å². The van der Waals surface area contributed by atoms with Crippen molar-refractivity contribution in [1.82, 2.24) is 0 Å². The predicted octanol–water partition coefficient (Wildman–Crippen LogP) is 5.19. The molecule has 4 aromatic carbocycles. The summed E-state index contributed by atoms with van der Waals surface area (Å²) >= 11 is 0.561. The number of fused-ring (bicyclic) bond motifs is 1. The minimum Gasteiger partial charge on any atom is -0.505 e. The van der Waals surface area contributed by atoms with Crippen molar-refractivity contribution in [1.29, 1.82) is 0 Å². The van der Waals surface area contributed by atoms with Gasteiger partial charge in [0.05, 0.1) is 39.9 Å². The van der Waals surface area contributed by atoms with E-state index in [1.165, 1.54) is 55.5 Å². The second-order valence-corrected chi connectivity index (χ2v) is 13.2. The molecule has 0 aliphatic heterocycles. The molecule has 0 unspecified atom stereocenters. The summed E-state index contributed by atoms with van der Waals surface area (Å²) in [5.41, 5.74) is 1.20. The molecule has 0 bridgehead atoms. The van der Waals surface area contributed by atoms with Crippen LogP contribution in [-0.2, 0) is 38.6 Å². The monoisotopic (exact) mass is 692 g/mol. The molecule has 0 fully saturated rings. The summed E-state index contributed by atoms with van der Waals surface area (Å²) in [6, 6.07) is 17.4. The molecule has 0 heterocycles. The van der Waals surface area contributed by atoms with Gasteiger partial charge in [0.15, 0.2) is 15.6 Å². The van der Waals surface area contributed by atoms with Crippen LogP contribution in [0.1, 0.15) is 17.3 Å². The van der Waals surface area contributed by atoms with Crippen molar-refractivity contribution in [2.45, 2.75) is 16.7 Å². The molecular formula is C27H24N4O12S3. The molecular weight excluding hydrogens is 669 g/mol. The number of sulfone groups is 1. The number of phenols is 1. The number of hydrogen-bond acceptors (Lipinski definition) is 14. The highest BCUT2D eigenvalue weighted by molar-refractivity contribution is 7.94. The van der Waals surface area contributed by atoms with Gasteiger partial charge in [0.2, 0.25) is 5.91 Å². The molecule has 0 aromatic heterocycles. The van der Waals surface area contributed by atoms with E-state index in [2.05, 4.69) is 34.4 Å². The Hall–Kier alpha value is -4.47. The van der Waals surface area contributed by atoms with Gasteiger partial charge in [-0.15, -0.1) is 9.45 Å². The summed E-state index contributed by atoms with van der Waals surface area (Å²) < 4.78 is 63.0. The zero-order valence-electron chi connectivity index (χ0n) is 23.5. The Morgan fingerprint density at radius 2 is 1.57 bits per heavy atom. The van der Waals surface area contributed by atoms with Gasteiger partial charge in [0.25, 0.3) is 5.91 Å². The second-order valence-electron chi connectivity index (χ2n) is 9.21. The zero-order valence-corrected chi connectivity index (χ0v) is 25.9. The van der Waals surface area contributed by atoms with Crippen molar-refractivity contribution in [3.63, 3.8) is 0 Å². The number of benzene rings is 4. The number of carbonyl (C=O) groups excluding carboxylic acids is 2. The van der Waals surface area contributed by atoms with E-state index in [-0.39, 0.29) is 38.4 Å². The van der Waals surface area contributed by atoms with E-state index in [1.54, 1.807) is 24.3 Å². The lowest BCUT2D eigenvalue weighted by Crippen LogP contribution is -2.15. The van der Waals surface area contributed by atoms with E-state index >= 15 is 0 Å². The first-order valence-electron chi connectivity index (χ1n) is 12.8. The van der Waals surface area contributed by atoms with Crippen LogP contribution in [0.3, 0.4) is 0 Å². The highest BCUT2D eigenvalue weighted by Crippen LogP contribution is 2.44. The highest BCUT2D eigenvalue weighted by Gasteiger charge is 2.18. The molecule has 4 rings (SSSR count). The number of anilines is 2. The van der Waals surface area contributed by atoms with Crippen LogP contribution in [-0.4, -0.2) is 55.9 Å². The van der Waals surface area contributed by atoms with Gasteiger partial charge in [-0.1, -0.05) is 11.1 Å². The first-order valence-corrected chi connectivity index (χ1v) is 16.5. The van der Waals surface area contributed by atoms with Crippen LogP contribution in [0.4, 0.5) is 22.7 Å². The fraction of sp³-hybridized carbons (Fsp3) is 0.111. The zero-order chi connectivity index (χ0) is 33.5. The van der Waals surface area contributed by atoms with Crippen molar-refractivity contribution >= 4 is 77.6 Å². The largest absolute Gasteiger partial charge is 0.505 e. The summed E-state index contributed by atoms with van der Waals surface area (Å²) in [4.78, 5) is 24.3. The summed E-state index contributed by atoms with van der Waals surface area (Å²) in [6.07, 6.45) is 0. The van der Waals surface area contributed by atoms with Crippen molar-refractivity contribution in [2.24, 2.45) is 10.2 Å². The Morgan fingerprint density at radius 3 is 2.20 bits per heavy atom. The number of aromatic hydroxyl groups is 1. The predicted molar refractivity (Wildman–Crippen MR) is 165 cm³/mol. The van der Waals surface area contributed by atoms with Gasteiger partial charge in [0, 0.05) is 29.2 Å². The van der Waals surface area contributed by atoms with Gasteiger partial charge < -0.3 is 15.7 Å². The van der Waals surface area contributed by atoms with Gasteiger partial charge in [-0.2, -0.15) is 13.5 Å². The summed E-state index contributed by atoms with van der Waals surface area (Å²) in [5, 5.41) is 37.6. The van der Waals surface area contributed by atoms with Crippen LogP contribution >= 0.6 is 12.0 Å². The van der Waals surface area contributed by atoms with Crippen LogP contribution in [0.15, 0.2) is 92.8 Å². The van der Waals surface area contributed by atoms with E-state index in [4.69, 9.17) is 9.81 Å². The Morgan fingerprint density at radius 1 is 0.891 bits per heavy atom. The summed E-state index contributed by atoms with van der Waals surface area (Å²) in [5.74, 6) is -1.82. The highest BCUT2D eigenvalue weighted by atomic mass is 32.3. The molecule has 0 saturated heterocycles. The molecule has 0 saturated carbocycles. The lowest BCUT2D eigenvalue weighted by atomic mass is 10.1. The first kappa shape index (κ1) is 34.4. The van der Waals surface area contributed by atoms with Gasteiger partial charge in [-0.25, -0.2) is 17.9 Å². The third kappa shape index (κ3) is 9.28. The molecule has 4 aromatic rings. The maximum atomic E-state index is 12.7. The SMILES string of the molecule is CC(=O)Nc1ccc2cc(SOOO)c(N=Nc3ccc(C(=O)Nc4ccc(S(=O)(=O)CCOS(=O)(=O)O)cc4)cc3)c(O)c2c1. The average Bonchev–Trinajstić information content (AvgIpc) is 2.99. The van der Waals surface area contributed by atoms with E-state index in [9.17, 15) is 31.5 Å². The Bertz CT molecular complexity index is 2000. The molecule has 46 heavy (non-hydrogen) atoms. The van der Waals surface area contributed by atoms with Crippen molar-refractivity contribution < 1.29 is 54.9 Å². The lowest BCUT2D eigenvalue weighted by molar-refractivity contribution is -0.432. The lowest BCUT2D eigenvalue weighted by Gasteiger charge is -2.11. The minimum absolute atomic E-state index is 0.0345. The Labute approximate surface area is 266 Å². The number of rotatable bonds is 13. The number of nitrogens with one attached hydrogen (secondary N) is 2. The number of phenolic OH excluding ortho intramolecular Hbond substituents is 1. The van der Waals surface area contributed by atoms with Crippen LogP contribution in [0, 0.1) is 0 Å². The minimum atomic E-state index is -4.77. The number of carbonyl (C=O) groups is 2. The Kier molecular flexibility index (Phi) is 11.0. The quantitative estimate of drug-likeness (QED) is 0.0399. The second kappa shape index (κ2) is 14.7. The van der Waals surface area contributed by atoms with Gasteiger partial charge >= 0.3 is 10.4 Å². The van der Waals surface area contributed by atoms with Crippen molar-refractivity contribution in [3.05, 3.63) is 78.4 Å². The topological polar surface area (TPSA) is 240 Å². The third-order valence-corrected chi connectivity index (χ3v) is 8.76. The number of azo groups is 1. The standard InChI is InChI=1S/C27H24N4O12S3/c1-16(32)28-21-7-4-18-14-24(44-43-42-35)25(26(33)23(18)15-21)31-30-20-5-2-17(3-6-20)27(34)29-19-8-10-22(11-9-19)45(36,37)13-12-41-46(38,39)40/h2-11,14-15,33,35H,12-13H2,1H3,(H,28,32)(H,29,34)(H,38,39,40). The molecule has 19 heteroatoms. The normalized spacial score (nSPS) is 12.0.